The van der Waals surface area contributed by atoms with Crippen molar-refractivity contribution in [3.05, 3.63) is 143 Å². The molecule has 0 aliphatic rings. The Labute approximate surface area is 203 Å². The molecule has 172 valence electrons. The molecule has 5 aromatic rings. The van der Waals surface area contributed by atoms with Gasteiger partial charge in [0.15, 0.2) is 0 Å². The first-order valence-corrected chi connectivity index (χ1v) is 11.4. The van der Waals surface area contributed by atoms with E-state index in [1.165, 1.54) is 0 Å². The summed E-state index contributed by atoms with van der Waals surface area (Å²) < 4.78 is 3.39. The van der Waals surface area contributed by atoms with Crippen LogP contribution in [0.5, 0.6) is 0 Å². The topological polar surface area (TPSA) is 68.9 Å². The van der Waals surface area contributed by atoms with E-state index < -0.39 is 0 Å². The Kier molecular flexibility index (Phi) is 6.35. The third kappa shape index (κ3) is 5.12. The summed E-state index contributed by atoms with van der Waals surface area (Å²) in [6.45, 7) is 0.889. The van der Waals surface area contributed by atoms with Crippen LogP contribution in [0.25, 0.3) is 16.9 Å². The van der Waals surface area contributed by atoms with Gasteiger partial charge in [0.2, 0.25) is 0 Å². The molecule has 0 aliphatic heterocycles. The molecule has 0 fully saturated rings. The Morgan fingerprint density at radius 3 is 2.14 bits per heavy atom. The second-order valence-electron chi connectivity index (χ2n) is 8.20. The fourth-order valence-electron chi connectivity index (χ4n) is 3.89. The number of aromatic nitrogens is 3. The van der Waals surface area contributed by atoms with Gasteiger partial charge in [-0.3, -0.25) is 9.59 Å². The van der Waals surface area contributed by atoms with Crippen LogP contribution < -0.4 is 10.9 Å². The molecule has 0 spiro atoms. The fourth-order valence-corrected chi connectivity index (χ4v) is 3.89. The van der Waals surface area contributed by atoms with Gasteiger partial charge >= 0.3 is 0 Å². The molecule has 0 atom stereocenters. The zero-order valence-corrected chi connectivity index (χ0v) is 19.0. The van der Waals surface area contributed by atoms with Crippen molar-refractivity contribution in [2.75, 3.05) is 0 Å². The van der Waals surface area contributed by atoms with E-state index in [1.54, 1.807) is 33.8 Å². The first-order chi connectivity index (χ1) is 17.2. The van der Waals surface area contributed by atoms with Crippen molar-refractivity contribution in [2.24, 2.45) is 0 Å². The predicted octanol–water partition coefficient (Wildman–Crippen LogP) is 4.68. The number of nitrogens with zero attached hydrogens (tertiary/aromatic N) is 3. The molecular formula is C29H24N4O2. The highest BCUT2D eigenvalue weighted by Crippen LogP contribution is 2.23. The number of rotatable bonds is 7. The van der Waals surface area contributed by atoms with Crippen LogP contribution in [0.4, 0.5) is 0 Å². The molecule has 0 aliphatic carbocycles. The van der Waals surface area contributed by atoms with Crippen LogP contribution in [-0.4, -0.2) is 20.3 Å². The van der Waals surface area contributed by atoms with Crippen molar-refractivity contribution in [1.29, 1.82) is 0 Å². The number of amides is 1. The summed E-state index contributed by atoms with van der Waals surface area (Å²) in [5.41, 5.74) is 4.87. The minimum absolute atomic E-state index is 0.0332. The van der Waals surface area contributed by atoms with Crippen molar-refractivity contribution in [3.8, 4) is 16.9 Å². The molecule has 0 unspecified atom stereocenters. The van der Waals surface area contributed by atoms with Crippen molar-refractivity contribution in [2.45, 2.75) is 13.1 Å². The fraction of sp³-hybridized carbons (Fsp3) is 0.0690. The van der Waals surface area contributed by atoms with E-state index in [1.807, 2.05) is 91.0 Å². The van der Waals surface area contributed by atoms with Crippen LogP contribution in [-0.2, 0) is 13.1 Å². The van der Waals surface area contributed by atoms with E-state index in [0.717, 1.165) is 22.4 Å². The Morgan fingerprint density at radius 2 is 1.43 bits per heavy atom. The summed E-state index contributed by atoms with van der Waals surface area (Å²) in [7, 11) is 0. The van der Waals surface area contributed by atoms with Gasteiger partial charge in [0, 0.05) is 30.6 Å². The molecule has 3 aromatic carbocycles. The lowest BCUT2D eigenvalue weighted by molar-refractivity contribution is 0.0951. The molecular weight excluding hydrogens is 436 g/mol. The summed E-state index contributed by atoms with van der Waals surface area (Å²) >= 11 is 0. The maximum absolute atomic E-state index is 13.2. The maximum atomic E-state index is 13.2. The van der Waals surface area contributed by atoms with Gasteiger partial charge in [0.1, 0.15) is 5.69 Å². The normalized spacial score (nSPS) is 10.7. The third-order valence-electron chi connectivity index (χ3n) is 5.75. The van der Waals surface area contributed by atoms with Gasteiger partial charge in [-0.2, -0.15) is 5.10 Å². The highest BCUT2D eigenvalue weighted by Gasteiger charge is 2.18. The van der Waals surface area contributed by atoms with E-state index in [9.17, 15) is 9.59 Å². The average Bonchev–Trinajstić information content (AvgIpc) is 3.36. The largest absolute Gasteiger partial charge is 0.348 e. The summed E-state index contributed by atoms with van der Waals surface area (Å²) in [4.78, 5) is 25.1. The molecule has 1 amide bonds. The van der Waals surface area contributed by atoms with Crippen molar-refractivity contribution < 1.29 is 4.79 Å². The summed E-state index contributed by atoms with van der Waals surface area (Å²) in [6, 6.07) is 32.5. The molecule has 2 heterocycles. The number of para-hydroxylation sites is 1. The van der Waals surface area contributed by atoms with Crippen molar-refractivity contribution in [3.63, 3.8) is 0 Å². The lowest BCUT2D eigenvalue weighted by Crippen LogP contribution is -2.23. The zero-order valence-electron chi connectivity index (χ0n) is 19.0. The molecule has 35 heavy (non-hydrogen) atoms. The highest BCUT2D eigenvalue weighted by atomic mass is 16.1. The Balaban J connectivity index is 1.33. The number of carbonyl (C=O) groups is 1. The maximum Gasteiger partial charge on any atom is 0.255 e. The second-order valence-corrected chi connectivity index (χ2v) is 8.20. The lowest BCUT2D eigenvalue weighted by atomic mass is 10.1. The van der Waals surface area contributed by atoms with Crippen LogP contribution >= 0.6 is 0 Å². The van der Waals surface area contributed by atoms with Crippen molar-refractivity contribution in [1.82, 2.24) is 19.7 Å². The number of hydrogen-bond acceptors (Lipinski definition) is 3. The van der Waals surface area contributed by atoms with Gasteiger partial charge in [0.25, 0.3) is 11.5 Å². The van der Waals surface area contributed by atoms with Gasteiger partial charge in [-0.25, -0.2) is 4.68 Å². The van der Waals surface area contributed by atoms with Gasteiger partial charge in [-0.15, -0.1) is 0 Å². The Hall–Kier alpha value is -4.71. The van der Waals surface area contributed by atoms with Gasteiger partial charge in [-0.05, 0) is 29.3 Å². The van der Waals surface area contributed by atoms with E-state index in [0.29, 0.717) is 24.3 Å². The first kappa shape index (κ1) is 22.1. The van der Waals surface area contributed by atoms with E-state index >= 15 is 0 Å². The lowest BCUT2D eigenvalue weighted by Gasteiger charge is -2.08. The predicted molar refractivity (Wildman–Crippen MR) is 136 cm³/mol. The molecule has 0 saturated carbocycles. The van der Waals surface area contributed by atoms with E-state index in [-0.39, 0.29) is 11.5 Å². The third-order valence-corrected chi connectivity index (χ3v) is 5.75. The van der Waals surface area contributed by atoms with Crippen LogP contribution in [0.2, 0.25) is 0 Å². The van der Waals surface area contributed by atoms with Crippen molar-refractivity contribution >= 4 is 5.91 Å². The standard InChI is InChI=1S/C29H24N4O2/c34-27-13-7-8-18-32(27)20-23-16-14-22(15-17-23)19-30-29(35)26-21-33(25-11-5-2-6-12-25)31-28(26)24-9-3-1-4-10-24/h1-18,21H,19-20H2,(H,30,35). The minimum Gasteiger partial charge on any atom is -0.348 e. The molecule has 0 radical (unpaired) electrons. The van der Waals surface area contributed by atoms with Gasteiger partial charge in [-0.1, -0.05) is 78.9 Å². The number of benzene rings is 3. The average molecular weight is 461 g/mol. The number of carbonyl (C=O) groups excluding carboxylic acids is 1. The summed E-state index contributed by atoms with van der Waals surface area (Å²) in [5.74, 6) is -0.189. The molecule has 0 saturated heterocycles. The van der Waals surface area contributed by atoms with Gasteiger partial charge in [0.05, 0.1) is 17.8 Å². The zero-order chi connectivity index (χ0) is 24.0. The monoisotopic (exact) mass is 460 g/mol. The molecule has 2 aromatic heterocycles. The number of hydrogen-bond donors (Lipinski definition) is 1. The van der Waals surface area contributed by atoms with E-state index in [4.69, 9.17) is 5.10 Å². The van der Waals surface area contributed by atoms with Crippen LogP contribution in [0.1, 0.15) is 21.5 Å². The minimum atomic E-state index is -0.189. The first-order valence-electron chi connectivity index (χ1n) is 11.4. The molecule has 6 heteroatoms. The highest BCUT2D eigenvalue weighted by molar-refractivity contribution is 5.99. The molecule has 1 N–H and O–H groups in total. The van der Waals surface area contributed by atoms with Crippen LogP contribution in [0, 0.1) is 0 Å². The molecule has 6 nitrogen and oxygen atoms in total. The number of pyridine rings is 1. The van der Waals surface area contributed by atoms with Crippen LogP contribution in [0.15, 0.2) is 120 Å². The van der Waals surface area contributed by atoms with E-state index in [2.05, 4.69) is 5.32 Å². The second kappa shape index (κ2) is 10.1. The Bertz CT molecular complexity index is 1490. The van der Waals surface area contributed by atoms with Crippen LogP contribution in [0.3, 0.4) is 0 Å². The molecule has 0 bridgehead atoms. The quantitative estimate of drug-likeness (QED) is 0.383. The summed E-state index contributed by atoms with van der Waals surface area (Å²) in [5, 5.41) is 7.73. The molecule has 5 rings (SSSR count). The smallest absolute Gasteiger partial charge is 0.255 e. The number of nitrogens with one attached hydrogen (secondary N) is 1. The summed E-state index contributed by atoms with van der Waals surface area (Å²) in [6.07, 6.45) is 3.55. The SMILES string of the molecule is O=C(NCc1ccc(Cn2ccccc2=O)cc1)c1cn(-c2ccccc2)nc1-c1ccccc1. The Morgan fingerprint density at radius 1 is 0.771 bits per heavy atom. The van der Waals surface area contributed by atoms with Gasteiger partial charge < -0.3 is 9.88 Å².